The molecular weight excluding hydrogens is 398 g/mol. The zero-order chi connectivity index (χ0) is 20.9. The molecule has 0 saturated heterocycles. The predicted molar refractivity (Wildman–Crippen MR) is 118 cm³/mol. The largest absolute Gasteiger partial charge is 0.497 e. The zero-order valence-corrected chi connectivity index (χ0v) is 17.1. The number of amides is 1. The number of carbonyl (C=O) groups excluding carboxylic acids is 1. The van der Waals surface area contributed by atoms with Crippen molar-refractivity contribution in [2.24, 2.45) is 0 Å². The lowest BCUT2D eigenvalue weighted by molar-refractivity contribution is 0.102. The molecule has 0 aliphatic heterocycles. The van der Waals surface area contributed by atoms with E-state index in [1.807, 2.05) is 54.6 Å². The fourth-order valence-corrected chi connectivity index (χ4v) is 3.73. The van der Waals surface area contributed by atoms with Crippen LogP contribution in [0, 0.1) is 0 Å². The molecule has 1 N–H and O–H groups in total. The van der Waals surface area contributed by atoms with Gasteiger partial charge in [0.15, 0.2) is 0 Å². The Kier molecular flexibility index (Phi) is 5.72. The van der Waals surface area contributed by atoms with Crippen LogP contribution in [0.2, 0.25) is 0 Å². The van der Waals surface area contributed by atoms with E-state index in [0.29, 0.717) is 17.9 Å². The van der Waals surface area contributed by atoms with Crippen LogP contribution in [0.15, 0.2) is 83.1 Å². The van der Waals surface area contributed by atoms with Gasteiger partial charge < -0.3 is 14.6 Å². The summed E-state index contributed by atoms with van der Waals surface area (Å²) >= 11 is 1.41. The van der Waals surface area contributed by atoms with Gasteiger partial charge in [-0.05, 0) is 48.0 Å². The lowest BCUT2D eigenvalue weighted by Gasteiger charge is -2.07. The van der Waals surface area contributed by atoms with Crippen LogP contribution < -0.4 is 15.6 Å². The van der Waals surface area contributed by atoms with E-state index >= 15 is 0 Å². The Balaban J connectivity index is 1.42. The van der Waals surface area contributed by atoms with Crippen molar-refractivity contribution in [2.75, 3.05) is 12.4 Å². The minimum atomic E-state index is -0.266. The summed E-state index contributed by atoms with van der Waals surface area (Å²) in [7, 11) is 1.62. The third kappa shape index (κ3) is 4.47. The zero-order valence-electron chi connectivity index (χ0n) is 16.2. The molecule has 6 nitrogen and oxygen atoms in total. The number of nitrogens with one attached hydrogen (secondary N) is 1. The molecule has 0 spiro atoms. The van der Waals surface area contributed by atoms with Crippen LogP contribution in [0.1, 0.15) is 16.1 Å². The number of nitrogens with zero attached hydrogens (tertiary/aromatic N) is 2. The molecule has 0 radical (unpaired) electrons. The van der Waals surface area contributed by atoms with Gasteiger partial charge in [0.1, 0.15) is 16.5 Å². The summed E-state index contributed by atoms with van der Waals surface area (Å²) in [5, 5.41) is 5.37. The Morgan fingerprint density at radius 1 is 1.07 bits per heavy atom. The van der Waals surface area contributed by atoms with Gasteiger partial charge >= 0.3 is 0 Å². The first kappa shape index (κ1) is 19.6. The van der Waals surface area contributed by atoms with Crippen molar-refractivity contribution in [3.8, 4) is 16.3 Å². The molecule has 4 rings (SSSR count). The van der Waals surface area contributed by atoms with Gasteiger partial charge in [-0.15, -0.1) is 11.3 Å². The quantitative estimate of drug-likeness (QED) is 0.508. The van der Waals surface area contributed by atoms with Crippen LogP contribution in [-0.2, 0) is 6.54 Å². The number of hydrogen-bond donors (Lipinski definition) is 1. The number of anilines is 1. The van der Waals surface area contributed by atoms with Gasteiger partial charge in [-0.3, -0.25) is 9.59 Å². The average molecular weight is 417 g/mol. The Bertz CT molecular complexity index is 1210. The van der Waals surface area contributed by atoms with E-state index in [-0.39, 0.29) is 11.5 Å². The summed E-state index contributed by atoms with van der Waals surface area (Å²) in [6, 6.07) is 20.0. The first-order valence-electron chi connectivity index (χ1n) is 9.28. The van der Waals surface area contributed by atoms with Gasteiger partial charge in [0.2, 0.25) is 0 Å². The second-order valence-corrected chi connectivity index (χ2v) is 7.44. The molecule has 0 bridgehead atoms. The number of methoxy groups -OCH3 is 1. The third-order valence-corrected chi connectivity index (χ3v) is 5.43. The first-order valence-corrected chi connectivity index (χ1v) is 10.2. The Hall–Kier alpha value is -3.71. The second kappa shape index (κ2) is 8.75. The van der Waals surface area contributed by atoms with Gasteiger partial charge in [0.05, 0.1) is 13.7 Å². The number of hydrogen-bond acceptors (Lipinski definition) is 5. The van der Waals surface area contributed by atoms with Gasteiger partial charge in [0.25, 0.3) is 11.5 Å². The molecule has 0 aliphatic rings. The number of ether oxygens (including phenoxy) is 1. The number of benzene rings is 2. The van der Waals surface area contributed by atoms with Crippen molar-refractivity contribution < 1.29 is 9.53 Å². The Labute approximate surface area is 177 Å². The maximum absolute atomic E-state index is 12.5. The minimum Gasteiger partial charge on any atom is -0.497 e. The van der Waals surface area contributed by atoms with E-state index in [0.717, 1.165) is 21.9 Å². The summed E-state index contributed by atoms with van der Waals surface area (Å²) in [5.74, 6) is 0.506. The summed E-state index contributed by atoms with van der Waals surface area (Å²) < 4.78 is 6.79. The van der Waals surface area contributed by atoms with Crippen LogP contribution in [0.4, 0.5) is 5.69 Å². The highest BCUT2D eigenvalue weighted by Crippen LogP contribution is 2.26. The van der Waals surface area contributed by atoms with Gasteiger partial charge in [-0.1, -0.05) is 18.2 Å². The molecule has 0 saturated carbocycles. The normalized spacial score (nSPS) is 10.6. The number of pyridine rings is 1. The van der Waals surface area contributed by atoms with E-state index in [4.69, 9.17) is 4.74 Å². The van der Waals surface area contributed by atoms with Crippen molar-refractivity contribution in [1.29, 1.82) is 0 Å². The van der Waals surface area contributed by atoms with Crippen molar-refractivity contribution >= 4 is 22.9 Å². The highest BCUT2D eigenvalue weighted by atomic mass is 32.1. The molecule has 4 aromatic rings. The molecule has 2 heterocycles. The molecule has 2 aromatic carbocycles. The molecule has 2 aromatic heterocycles. The maximum Gasteiger partial charge on any atom is 0.275 e. The standard InChI is InChI=1S/C23H19N3O3S/c1-29-19-11-7-17(8-12-19)23-25-20(15-30-23)22(28)24-18-9-5-16(6-10-18)14-26-13-3-2-4-21(26)27/h2-13,15H,14H2,1H3,(H,24,28). The molecule has 30 heavy (non-hydrogen) atoms. The molecule has 0 atom stereocenters. The van der Waals surface area contributed by atoms with E-state index in [2.05, 4.69) is 10.3 Å². The number of rotatable bonds is 6. The SMILES string of the molecule is COc1ccc(-c2nc(C(=O)Nc3ccc(Cn4ccccc4=O)cc3)cs2)cc1. The fraction of sp³-hybridized carbons (Fsp3) is 0.0870. The molecule has 0 unspecified atom stereocenters. The lowest BCUT2D eigenvalue weighted by Crippen LogP contribution is -2.18. The molecule has 0 fully saturated rings. The second-order valence-electron chi connectivity index (χ2n) is 6.58. The average Bonchev–Trinajstić information content (AvgIpc) is 3.27. The van der Waals surface area contributed by atoms with Crippen molar-refractivity contribution in [3.63, 3.8) is 0 Å². The summed E-state index contributed by atoms with van der Waals surface area (Å²) in [6.45, 7) is 0.477. The van der Waals surface area contributed by atoms with Crippen LogP contribution in [0.25, 0.3) is 10.6 Å². The van der Waals surface area contributed by atoms with E-state index in [9.17, 15) is 9.59 Å². The molecular formula is C23H19N3O3S. The van der Waals surface area contributed by atoms with Gasteiger partial charge in [-0.25, -0.2) is 4.98 Å². The third-order valence-electron chi connectivity index (χ3n) is 4.54. The highest BCUT2D eigenvalue weighted by Gasteiger charge is 2.12. The topological polar surface area (TPSA) is 73.2 Å². The van der Waals surface area contributed by atoms with Crippen LogP contribution in [-0.4, -0.2) is 22.6 Å². The van der Waals surface area contributed by atoms with E-state index < -0.39 is 0 Å². The monoisotopic (exact) mass is 417 g/mol. The molecule has 7 heteroatoms. The van der Waals surface area contributed by atoms with Crippen LogP contribution in [0.3, 0.4) is 0 Å². The van der Waals surface area contributed by atoms with Gasteiger partial charge in [-0.2, -0.15) is 0 Å². The van der Waals surface area contributed by atoms with E-state index in [1.165, 1.54) is 17.4 Å². The van der Waals surface area contributed by atoms with Crippen molar-refractivity contribution in [2.45, 2.75) is 6.54 Å². The van der Waals surface area contributed by atoms with Gasteiger partial charge in [0, 0.05) is 28.9 Å². The smallest absolute Gasteiger partial charge is 0.275 e. The molecule has 1 amide bonds. The predicted octanol–water partition coefficient (Wildman–Crippen LogP) is 4.28. The maximum atomic E-state index is 12.5. The summed E-state index contributed by atoms with van der Waals surface area (Å²) in [5.41, 5.74) is 2.89. The van der Waals surface area contributed by atoms with E-state index in [1.54, 1.807) is 29.3 Å². The highest BCUT2D eigenvalue weighted by molar-refractivity contribution is 7.13. The molecule has 150 valence electrons. The molecule has 0 aliphatic carbocycles. The number of aromatic nitrogens is 2. The summed E-state index contributed by atoms with van der Waals surface area (Å²) in [4.78, 5) is 28.8. The minimum absolute atomic E-state index is 0.0499. The lowest BCUT2D eigenvalue weighted by atomic mass is 10.2. The van der Waals surface area contributed by atoms with Crippen LogP contribution in [0.5, 0.6) is 5.75 Å². The number of thiazole rings is 1. The Morgan fingerprint density at radius 3 is 2.53 bits per heavy atom. The fourth-order valence-electron chi connectivity index (χ4n) is 2.92. The van der Waals surface area contributed by atoms with Crippen molar-refractivity contribution in [3.05, 3.63) is 99.9 Å². The van der Waals surface area contributed by atoms with Crippen LogP contribution >= 0.6 is 11.3 Å². The first-order chi connectivity index (χ1) is 14.6. The summed E-state index contributed by atoms with van der Waals surface area (Å²) in [6.07, 6.45) is 1.75. The van der Waals surface area contributed by atoms with Crippen molar-refractivity contribution in [1.82, 2.24) is 9.55 Å². The number of carbonyl (C=O) groups is 1. The Morgan fingerprint density at radius 2 is 1.83 bits per heavy atom.